The highest BCUT2D eigenvalue weighted by Gasteiger charge is 2.55. The van der Waals surface area contributed by atoms with Crippen LogP contribution >= 0.6 is 34.4 Å². The fraction of sp³-hybridized carbons (Fsp3) is 0.127. The summed E-state index contributed by atoms with van der Waals surface area (Å²) in [5, 5.41) is 15.7. The van der Waals surface area contributed by atoms with Crippen molar-refractivity contribution in [3.8, 4) is 0 Å². The van der Waals surface area contributed by atoms with Crippen LogP contribution in [0.4, 0.5) is 5.13 Å². The summed E-state index contributed by atoms with van der Waals surface area (Å²) in [6, 6.07) is 54.7. The predicted octanol–water partition coefficient (Wildman–Crippen LogP) is 9.64. The molecule has 2 aliphatic heterocycles. The first-order chi connectivity index (χ1) is 33.9. The van der Waals surface area contributed by atoms with Gasteiger partial charge in [0.1, 0.15) is 35.5 Å². The molecule has 3 aromatic heterocycles. The Bertz CT molecular complexity index is 3060. The van der Waals surface area contributed by atoms with Crippen molar-refractivity contribution in [2.75, 3.05) is 18.2 Å². The number of nitrogens with one attached hydrogen (secondary N) is 2. The van der Waals surface area contributed by atoms with Crippen LogP contribution in [0.5, 0.6) is 0 Å². The van der Waals surface area contributed by atoms with Gasteiger partial charge in [0.05, 0.1) is 5.39 Å². The Morgan fingerprint density at radius 3 is 2.00 bits per heavy atom. The zero-order valence-electron chi connectivity index (χ0n) is 37.3. The summed E-state index contributed by atoms with van der Waals surface area (Å²) < 4.78 is 8.54. The lowest BCUT2D eigenvalue weighted by atomic mass is 9.77. The van der Waals surface area contributed by atoms with Crippen molar-refractivity contribution in [2.45, 2.75) is 29.6 Å². The lowest BCUT2D eigenvalue weighted by molar-refractivity contribution is -0.658. The average molecular weight is 966 g/mol. The first-order valence-electron chi connectivity index (χ1n) is 22.3. The van der Waals surface area contributed by atoms with Gasteiger partial charge in [-0.3, -0.25) is 14.5 Å². The maximum Gasteiger partial charge on any atom is 0.356 e. The van der Waals surface area contributed by atoms with Gasteiger partial charge in [-0.2, -0.15) is 4.57 Å². The minimum absolute atomic E-state index is 0.107. The number of anilines is 1. The molecule has 1 saturated heterocycles. The zero-order valence-corrected chi connectivity index (χ0v) is 39.7. The second-order valence-corrected chi connectivity index (χ2v) is 19.1. The van der Waals surface area contributed by atoms with Gasteiger partial charge >= 0.3 is 5.97 Å². The summed E-state index contributed by atoms with van der Waals surface area (Å²) in [5.74, 6) is -1.38. The van der Waals surface area contributed by atoms with E-state index in [1.165, 1.54) is 35.1 Å². The fourth-order valence-electron chi connectivity index (χ4n) is 8.84. The molecule has 10 rings (SSSR count). The Hall–Kier alpha value is -7.65. The van der Waals surface area contributed by atoms with Gasteiger partial charge in [-0.05, 0) is 57.0 Å². The molecule has 0 aliphatic carbocycles. The second kappa shape index (κ2) is 20.3. The molecule has 14 heteroatoms. The van der Waals surface area contributed by atoms with Crippen molar-refractivity contribution in [3.05, 3.63) is 244 Å². The molecule has 2 atom stereocenters. The number of esters is 1. The van der Waals surface area contributed by atoms with Crippen LogP contribution in [0.15, 0.2) is 215 Å². The molecule has 0 unspecified atom stereocenters. The van der Waals surface area contributed by atoms with Crippen molar-refractivity contribution >= 4 is 73.3 Å². The van der Waals surface area contributed by atoms with Gasteiger partial charge in [0.15, 0.2) is 29.7 Å². The highest BCUT2D eigenvalue weighted by molar-refractivity contribution is 8.00. The smallest absolute Gasteiger partial charge is 0.356 e. The molecule has 342 valence electrons. The number of thiazole rings is 1. The number of fused-ring (bicyclic) bond motifs is 2. The van der Waals surface area contributed by atoms with Crippen LogP contribution in [-0.4, -0.2) is 57.7 Å². The Morgan fingerprint density at radius 2 is 1.41 bits per heavy atom. The Kier molecular flexibility index (Phi) is 13.3. The Balaban J connectivity index is 0.929. The van der Waals surface area contributed by atoms with Crippen molar-refractivity contribution in [1.82, 2.24) is 15.2 Å². The van der Waals surface area contributed by atoms with E-state index in [9.17, 15) is 14.4 Å². The van der Waals surface area contributed by atoms with E-state index in [-0.39, 0.29) is 17.1 Å². The van der Waals surface area contributed by atoms with Gasteiger partial charge in [0.25, 0.3) is 16.6 Å². The summed E-state index contributed by atoms with van der Waals surface area (Å²) >= 11 is 4.43. The van der Waals surface area contributed by atoms with E-state index in [0.29, 0.717) is 23.0 Å². The number of pyridine rings is 1. The van der Waals surface area contributed by atoms with Crippen LogP contribution in [-0.2, 0) is 36.0 Å². The second-order valence-electron chi connectivity index (χ2n) is 16.2. The highest BCUT2D eigenvalue weighted by atomic mass is 32.2. The summed E-state index contributed by atoms with van der Waals surface area (Å²) in [6.45, 7) is 0.544. The molecule has 1 fully saturated rings. The SMILES string of the molecule is CO/N=C(\C(=O)N[C@@H]1C(=O)N2C(C(=O)OC(c3ccccc3)c3ccccc3)=C(/C=C/C[n+]3cccc4ccsc43)CS[C@H]12)c1csc(NC(c2ccccc2)(c2ccccc2)c2ccccc2)n1. The number of carbonyl (C=O) groups is 3. The van der Waals surface area contributed by atoms with Gasteiger partial charge in [-0.15, -0.1) is 23.1 Å². The number of allylic oxidation sites excluding steroid dienone is 2. The third-order valence-electron chi connectivity index (χ3n) is 12.1. The van der Waals surface area contributed by atoms with Gasteiger partial charge in [0, 0.05) is 17.2 Å². The molecular weight excluding hydrogens is 921 g/mol. The Morgan fingerprint density at radius 1 is 0.812 bits per heavy atom. The molecule has 0 spiro atoms. The first-order valence-corrected chi connectivity index (χ1v) is 25.1. The number of thioether (sulfide) groups is 1. The number of rotatable bonds is 16. The number of hydrogen-bond donors (Lipinski definition) is 2. The molecule has 0 bridgehead atoms. The average Bonchev–Trinajstić information content (AvgIpc) is 4.10. The molecule has 2 amide bonds. The van der Waals surface area contributed by atoms with Crippen LogP contribution in [0.3, 0.4) is 0 Å². The maximum absolute atomic E-state index is 14.7. The van der Waals surface area contributed by atoms with Crippen molar-refractivity contribution < 1.29 is 28.5 Å². The molecule has 8 aromatic rings. The quantitative estimate of drug-likeness (QED) is 0.0245. The van der Waals surface area contributed by atoms with Gasteiger partial charge in [0.2, 0.25) is 0 Å². The number of nitrogens with zero attached hydrogens (tertiary/aromatic N) is 4. The van der Waals surface area contributed by atoms with E-state index in [2.05, 4.69) is 74.3 Å². The number of oxime groups is 1. The third kappa shape index (κ3) is 9.09. The molecule has 5 heterocycles. The lowest BCUT2D eigenvalue weighted by Crippen LogP contribution is -2.71. The summed E-state index contributed by atoms with van der Waals surface area (Å²) in [7, 11) is 1.35. The van der Waals surface area contributed by atoms with Crippen molar-refractivity contribution in [1.29, 1.82) is 0 Å². The minimum Gasteiger partial charge on any atom is -0.448 e. The van der Waals surface area contributed by atoms with E-state index >= 15 is 0 Å². The largest absolute Gasteiger partial charge is 0.448 e. The van der Waals surface area contributed by atoms with Crippen LogP contribution in [0, 0.1) is 0 Å². The van der Waals surface area contributed by atoms with Crippen LogP contribution < -0.4 is 15.2 Å². The summed E-state index contributed by atoms with van der Waals surface area (Å²) in [4.78, 5) is 56.2. The molecule has 11 nitrogen and oxygen atoms in total. The first kappa shape index (κ1) is 45.1. The molecule has 0 saturated carbocycles. The van der Waals surface area contributed by atoms with E-state index in [1.807, 2.05) is 140 Å². The maximum atomic E-state index is 14.7. The normalized spacial score (nSPS) is 16.1. The van der Waals surface area contributed by atoms with Gasteiger partial charge < -0.3 is 20.2 Å². The number of aromatic nitrogens is 2. The number of amides is 2. The number of ether oxygens (including phenoxy) is 1. The molecule has 5 aromatic carbocycles. The van der Waals surface area contributed by atoms with E-state index in [4.69, 9.17) is 14.6 Å². The Labute approximate surface area is 411 Å². The van der Waals surface area contributed by atoms with Crippen LogP contribution in [0.2, 0.25) is 0 Å². The van der Waals surface area contributed by atoms with Crippen molar-refractivity contribution in [3.63, 3.8) is 0 Å². The van der Waals surface area contributed by atoms with E-state index in [1.54, 1.807) is 16.7 Å². The van der Waals surface area contributed by atoms with Gasteiger partial charge in [-0.25, -0.2) is 9.78 Å². The summed E-state index contributed by atoms with van der Waals surface area (Å²) in [5.41, 5.74) is 4.60. The molecule has 69 heavy (non-hydrogen) atoms. The monoisotopic (exact) mass is 965 g/mol. The van der Waals surface area contributed by atoms with Crippen LogP contribution in [0.25, 0.3) is 10.2 Å². The van der Waals surface area contributed by atoms with Crippen LogP contribution in [0.1, 0.15) is 39.6 Å². The standard InChI is InChI=1S/C55H44N6O5S3/c1-65-59-45(44-36-69-54(56-44)58-55(41-25-11-4-12-26-41,42-27-13-5-14-28-42)43-29-15-6-16-30-43)49(62)57-46-50(63)61-47(53(64)66-48(37-19-7-2-8-20-37)38-21-9-3-10-22-38)40(35-68-52(46)61)24-18-33-60-32-17-23-39-31-34-67-51(39)60/h2-32,34,36,46,48,52H,33,35H2,1H3,(H-,56,57,58,62)/p+1/b24-18+,59-45-/t46-,52-/m1/s1. The minimum atomic E-state index is -0.984. The number of hydrogen-bond acceptors (Lipinski definition) is 11. The third-order valence-corrected chi connectivity index (χ3v) is 15.1. The van der Waals surface area contributed by atoms with Gasteiger partial charge in [-0.1, -0.05) is 174 Å². The molecule has 2 N–H and O–H groups in total. The number of benzene rings is 5. The fourth-order valence-corrected chi connectivity index (χ4v) is 11.8. The topological polar surface area (TPSA) is 126 Å². The highest BCUT2D eigenvalue weighted by Crippen LogP contribution is 2.43. The summed E-state index contributed by atoms with van der Waals surface area (Å²) in [6.07, 6.45) is 5.17. The van der Waals surface area contributed by atoms with E-state index in [0.717, 1.165) is 38.0 Å². The molecular formula is C55H45N6O5S3+. The number of thiophene rings is 1. The van der Waals surface area contributed by atoms with Crippen molar-refractivity contribution in [2.24, 2.45) is 5.16 Å². The number of β-lactam (4-membered cyclic amide) rings is 1. The molecule has 0 radical (unpaired) electrons. The van der Waals surface area contributed by atoms with E-state index < -0.39 is 40.8 Å². The predicted molar refractivity (Wildman–Crippen MR) is 273 cm³/mol. The lowest BCUT2D eigenvalue weighted by Gasteiger charge is -2.49. The zero-order chi connectivity index (χ0) is 47.2. The number of carbonyl (C=O) groups excluding carboxylic acids is 3. The molecule has 2 aliphatic rings.